The highest BCUT2D eigenvalue weighted by atomic mass is 79.9. The first-order valence-electron chi connectivity index (χ1n) is 5.91. The third-order valence-corrected chi connectivity index (χ3v) is 2.89. The molecule has 0 saturated carbocycles. The molecule has 1 aromatic heterocycles. The van der Waals surface area contributed by atoms with Crippen molar-refractivity contribution in [1.82, 2.24) is 10.5 Å². The molecule has 2 aromatic rings. The lowest BCUT2D eigenvalue weighted by atomic mass is 10.2. The topological polar surface area (TPSA) is 84.2 Å². The van der Waals surface area contributed by atoms with Gasteiger partial charge in [-0.2, -0.15) is 0 Å². The number of anilines is 1. The Bertz CT molecular complexity index is 667. The second-order valence-electron chi connectivity index (χ2n) is 4.21. The Morgan fingerprint density at radius 1 is 1.33 bits per heavy atom. The highest BCUT2D eigenvalue weighted by Gasteiger charge is 2.11. The second kappa shape index (κ2) is 6.49. The summed E-state index contributed by atoms with van der Waals surface area (Å²) < 4.78 is 18.4. The smallest absolute Gasteiger partial charge is 0.251 e. The molecule has 0 radical (unpaired) electrons. The molecule has 2 amide bonds. The summed E-state index contributed by atoms with van der Waals surface area (Å²) in [6.07, 6.45) is 0. The number of amides is 2. The van der Waals surface area contributed by atoms with Gasteiger partial charge < -0.3 is 15.2 Å². The van der Waals surface area contributed by atoms with Crippen LogP contribution in [-0.2, 0) is 4.79 Å². The highest BCUT2D eigenvalue weighted by Crippen LogP contribution is 2.14. The zero-order valence-corrected chi connectivity index (χ0v) is 12.5. The van der Waals surface area contributed by atoms with E-state index >= 15 is 0 Å². The van der Waals surface area contributed by atoms with Crippen molar-refractivity contribution in [2.75, 3.05) is 11.9 Å². The highest BCUT2D eigenvalue weighted by molar-refractivity contribution is 9.10. The summed E-state index contributed by atoms with van der Waals surface area (Å²) in [6.45, 7) is 1.42. The van der Waals surface area contributed by atoms with Gasteiger partial charge in [0.1, 0.15) is 11.6 Å². The summed E-state index contributed by atoms with van der Waals surface area (Å²) in [5.74, 6) is -0.745. The van der Waals surface area contributed by atoms with Crippen LogP contribution in [0.25, 0.3) is 0 Å². The average molecular weight is 356 g/mol. The third kappa shape index (κ3) is 4.38. The van der Waals surface area contributed by atoms with Gasteiger partial charge in [0.25, 0.3) is 5.91 Å². The SMILES string of the molecule is Cc1cc(NC(=O)CNC(=O)c2cc(F)cc(Br)c2)no1. The minimum Gasteiger partial charge on any atom is -0.360 e. The van der Waals surface area contributed by atoms with Crippen molar-refractivity contribution >= 4 is 33.6 Å². The fourth-order valence-corrected chi connectivity index (χ4v) is 2.03. The Morgan fingerprint density at radius 2 is 2.10 bits per heavy atom. The van der Waals surface area contributed by atoms with E-state index in [1.165, 1.54) is 12.1 Å². The molecule has 6 nitrogen and oxygen atoms in total. The molecule has 21 heavy (non-hydrogen) atoms. The minimum absolute atomic E-state index is 0.118. The molecule has 0 aliphatic heterocycles. The van der Waals surface area contributed by atoms with Crippen LogP contribution in [0.1, 0.15) is 16.1 Å². The molecular formula is C13H11BrFN3O3. The Kier molecular flexibility index (Phi) is 4.69. The lowest BCUT2D eigenvalue weighted by Crippen LogP contribution is -2.33. The number of benzene rings is 1. The summed E-state index contributed by atoms with van der Waals surface area (Å²) in [5, 5.41) is 8.42. The van der Waals surface area contributed by atoms with Crippen LogP contribution in [0.15, 0.2) is 33.3 Å². The molecule has 1 aromatic carbocycles. The monoisotopic (exact) mass is 355 g/mol. The number of nitrogens with zero attached hydrogens (tertiary/aromatic N) is 1. The maximum atomic E-state index is 13.2. The van der Waals surface area contributed by atoms with Crippen molar-refractivity contribution in [3.63, 3.8) is 0 Å². The van der Waals surface area contributed by atoms with Crippen LogP contribution in [-0.4, -0.2) is 23.5 Å². The zero-order chi connectivity index (χ0) is 15.4. The van der Waals surface area contributed by atoms with Crippen LogP contribution in [0.5, 0.6) is 0 Å². The molecule has 0 aliphatic carbocycles. The number of nitrogens with one attached hydrogen (secondary N) is 2. The predicted octanol–water partition coefficient (Wildman–Crippen LogP) is 2.25. The minimum atomic E-state index is -0.554. The first-order chi connectivity index (χ1) is 9.94. The summed E-state index contributed by atoms with van der Waals surface area (Å²) in [4.78, 5) is 23.4. The molecule has 0 aliphatic rings. The quantitative estimate of drug-likeness (QED) is 0.880. The molecule has 0 atom stereocenters. The molecule has 0 spiro atoms. The second-order valence-corrected chi connectivity index (χ2v) is 5.13. The van der Waals surface area contributed by atoms with Crippen molar-refractivity contribution in [2.45, 2.75) is 6.92 Å². The number of hydrogen-bond acceptors (Lipinski definition) is 4. The fourth-order valence-electron chi connectivity index (χ4n) is 1.56. The largest absolute Gasteiger partial charge is 0.360 e. The van der Waals surface area contributed by atoms with E-state index in [-0.39, 0.29) is 17.9 Å². The van der Waals surface area contributed by atoms with Gasteiger partial charge in [-0.15, -0.1) is 0 Å². The number of carbonyl (C=O) groups is 2. The fraction of sp³-hybridized carbons (Fsp3) is 0.154. The van der Waals surface area contributed by atoms with E-state index in [4.69, 9.17) is 4.52 Å². The summed E-state index contributed by atoms with van der Waals surface area (Å²) >= 11 is 3.09. The van der Waals surface area contributed by atoms with Crippen LogP contribution in [0, 0.1) is 12.7 Å². The Hall–Kier alpha value is -2.22. The van der Waals surface area contributed by atoms with Crippen LogP contribution in [0.3, 0.4) is 0 Å². The third-order valence-electron chi connectivity index (χ3n) is 2.43. The molecule has 0 saturated heterocycles. The number of rotatable bonds is 4. The van der Waals surface area contributed by atoms with Crippen molar-refractivity contribution in [2.24, 2.45) is 0 Å². The van der Waals surface area contributed by atoms with Crippen molar-refractivity contribution in [3.05, 3.63) is 45.9 Å². The van der Waals surface area contributed by atoms with Gasteiger partial charge in [0, 0.05) is 16.1 Å². The van der Waals surface area contributed by atoms with E-state index < -0.39 is 17.6 Å². The zero-order valence-electron chi connectivity index (χ0n) is 10.9. The number of aromatic nitrogens is 1. The summed E-state index contributed by atoms with van der Waals surface area (Å²) in [6, 6.07) is 5.32. The van der Waals surface area contributed by atoms with Crippen molar-refractivity contribution in [3.8, 4) is 0 Å². The Morgan fingerprint density at radius 3 is 2.71 bits per heavy atom. The van der Waals surface area contributed by atoms with E-state index in [2.05, 4.69) is 31.7 Å². The summed E-state index contributed by atoms with van der Waals surface area (Å²) in [5.41, 5.74) is 0.118. The van der Waals surface area contributed by atoms with Gasteiger partial charge in [-0.1, -0.05) is 21.1 Å². The Labute approximate surface area is 127 Å². The number of halogens is 2. The van der Waals surface area contributed by atoms with Gasteiger partial charge in [0.05, 0.1) is 6.54 Å². The predicted molar refractivity (Wildman–Crippen MR) is 76.3 cm³/mol. The lowest BCUT2D eigenvalue weighted by molar-refractivity contribution is -0.115. The van der Waals surface area contributed by atoms with Gasteiger partial charge in [-0.3, -0.25) is 9.59 Å². The van der Waals surface area contributed by atoms with E-state index in [0.717, 1.165) is 6.07 Å². The first-order valence-corrected chi connectivity index (χ1v) is 6.71. The van der Waals surface area contributed by atoms with Crippen molar-refractivity contribution < 1.29 is 18.5 Å². The molecule has 1 heterocycles. The van der Waals surface area contributed by atoms with Gasteiger partial charge in [-0.25, -0.2) is 4.39 Å². The molecule has 2 N–H and O–H groups in total. The maximum Gasteiger partial charge on any atom is 0.251 e. The molecule has 0 unspecified atom stereocenters. The normalized spacial score (nSPS) is 10.2. The lowest BCUT2D eigenvalue weighted by Gasteiger charge is -2.05. The summed E-state index contributed by atoms with van der Waals surface area (Å²) in [7, 11) is 0. The van der Waals surface area contributed by atoms with Crippen LogP contribution >= 0.6 is 15.9 Å². The number of aryl methyl sites for hydroxylation is 1. The molecular weight excluding hydrogens is 345 g/mol. The molecule has 2 rings (SSSR count). The molecule has 0 bridgehead atoms. The average Bonchev–Trinajstić information content (AvgIpc) is 2.80. The van der Waals surface area contributed by atoms with Gasteiger partial charge in [-0.05, 0) is 25.1 Å². The van der Waals surface area contributed by atoms with E-state index in [1.807, 2.05) is 0 Å². The molecule has 0 fully saturated rings. The standard InChI is InChI=1S/C13H11BrFN3O3/c1-7-2-11(18-21-7)17-12(19)6-16-13(20)8-3-9(14)5-10(15)4-8/h2-5H,6H2,1H3,(H,16,20)(H,17,18,19). The van der Waals surface area contributed by atoms with Gasteiger partial charge in [0.15, 0.2) is 5.82 Å². The first kappa shape index (κ1) is 15.2. The van der Waals surface area contributed by atoms with Crippen LogP contribution in [0.2, 0.25) is 0 Å². The molecule has 8 heteroatoms. The van der Waals surface area contributed by atoms with Gasteiger partial charge in [0.2, 0.25) is 5.91 Å². The van der Waals surface area contributed by atoms with Crippen LogP contribution < -0.4 is 10.6 Å². The maximum absolute atomic E-state index is 13.2. The van der Waals surface area contributed by atoms with Crippen molar-refractivity contribution in [1.29, 1.82) is 0 Å². The van der Waals surface area contributed by atoms with Crippen LogP contribution in [0.4, 0.5) is 10.2 Å². The molecule has 110 valence electrons. The Balaban J connectivity index is 1.90. The van der Waals surface area contributed by atoms with E-state index in [1.54, 1.807) is 13.0 Å². The number of carbonyl (C=O) groups excluding carboxylic acids is 2. The number of hydrogen-bond donors (Lipinski definition) is 2. The van der Waals surface area contributed by atoms with E-state index in [0.29, 0.717) is 10.2 Å². The van der Waals surface area contributed by atoms with E-state index in [9.17, 15) is 14.0 Å². The van der Waals surface area contributed by atoms with Gasteiger partial charge >= 0.3 is 0 Å².